The average Bonchev–Trinajstić information content (AvgIpc) is 2.54. The van der Waals surface area contributed by atoms with Gasteiger partial charge in [0, 0.05) is 11.6 Å². The molecule has 0 fully saturated rings. The zero-order chi connectivity index (χ0) is 19.8. The van der Waals surface area contributed by atoms with Crippen LogP contribution in [0.15, 0.2) is 23.3 Å². The Kier molecular flexibility index (Phi) is 9.31. The van der Waals surface area contributed by atoms with Crippen molar-refractivity contribution < 1.29 is 36.0 Å². The summed E-state index contributed by atoms with van der Waals surface area (Å²) < 4.78 is 74.7. The fourth-order valence-electron chi connectivity index (χ4n) is 2.08. The first kappa shape index (κ1) is 23.2. The minimum atomic E-state index is -4.12. The SMILES string of the molecule is CCOP(=O)(OCC)C(=Cc1ccc(F)cc1F)P(=O)(OCC)OCC. The molecular weight excluding hydrogens is 388 g/mol. The maximum absolute atomic E-state index is 14.1. The monoisotopic (exact) mass is 412 g/mol. The molecule has 0 unspecified atom stereocenters. The summed E-state index contributed by atoms with van der Waals surface area (Å²) in [7, 11) is -8.24. The lowest BCUT2D eigenvalue weighted by Gasteiger charge is -2.25. The maximum Gasteiger partial charge on any atom is 0.369 e. The van der Waals surface area contributed by atoms with Gasteiger partial charge in [-0.05, 0) is 45.9 Å². The summed E-state index contributed by atoms with van der Waals surface area (Å²) in [6.45, 7) is 6.25. The minimum absolute atomic E-state index is 0.0151. The Morgan fingerprint density at radius 2 is 1.31 bits per heavy atom. The zero-order valence-electron chi connectivity index (χ0n) is 15.2. The second kappa shape index (κ2) is 10.5. The second-order valence-corrected chi connectivity index (χ2v) is 9.17. The molecule has 0 bridgehead atoms. The van der Waals surface area contributed by atoms with Crippen molar-refractivity contribution in [1.29, 1.82) is 0 Å². The van der Waals surface area contributed by atoms with Crippen molar-refractivity contribution in [3.63, 3.8) is 0 Å². The molecule has 0 heterocycles. The van der Waals surface area contributed by atoms with Crippen molar-refractivity contribution in [3.8, 4) is 0 Å². The standard InChI is InChI=1S/C16H24F2O6P2/c1-5-21-25(19,22-6-2)16(26(20,23-7-3)24-8-4)11-13-9-10-14(17)12-15(13)18/h9-12H,5-8H2,1-4H3. The molecule has 0 saturated carbocycles. The van der Waals surface area contributed by atoms with Crippen LogP contribution in [0.3, 0.4) is 0 Å². The van der Waals surface area contributed by atoms with Gasteiger partial charge in [-0.2, -0.15) is 0 Å². The van der Waals surface area contributed by atoms with Crippen LogP contribution in [0.4, 0.5) is 8.78 Å². The number of hydrogen-bond donors (Lipinski definition) is 0. The lowest BCUT2D eigenvalue weighted by Crippen LogP contribution is -2.05. The molecule has 0 aromatic heterocycles. The molecule has 0 N–H and O–H groups in total. The van der Waals surface area contributed by atoms with Gasteiger partial charge in [0.25, 0.3) is 0 Å². The van der Waals surface area contributed by atoms with Crippen LogP contribution in [0.2, 0.25) is 0 Å². The van der Waals surface area contributed by atoms with E-state index in [-0.39, 0.29) is 32.0 Å². The predicted molar refractivity (Wildman–Crippen MR) is 96.1 cm³/mol. The van der Waals surface area contributed by atoms with Crippen LogP contribution >= 0.6 is 15.2 Å². The molecule has 10 heteroatoms. The first-order valence-electron chi connectivity index (χ1n) is 8.22. The fourth-order valence-corrected chi connectivity index (χ4v) is 6.61. The Morgan fingerprint density at radius 3 is 1.65 bits per heavy atom. The van der Waals surface area contributed by atoms with Crippen molar-refractivity contribution in [1.82, 2.24) is 0 Å². The lowest BCUT2D eigenvalue weighted by molar-refractivity contribution is 0.214. The van der Waals surface area contributed by atoms with Gasteiger partial charge < -0.3 is 18.1 Å². The topological polar surface area (TPSA) is 71.1 Å². The predicted octanol–water partition coefficient (Wildman–Crippen LogP) is 5.80. The van der Waals surface area contributed by atoms with E-state index in [4.69, 9.17) is 18.1 Å². The molecule has 0 radical (unpaired) electrons. The largest absolute Gasteiger partial charge is 0.369 e. The van der Waals surface area contributed by atoms with E-state index in [1.165, 1.54) is 0 Å². The average molecular weight is 412 g/mol. The van der Waals surface area contributed by atoms with Crippen molar-refractivity contribution >= 4 is 21.3 Å². The van der Waals surface area contributed by atoms with Crippen LogP contribution in [-0.2, 0) is 27.2 Å². The first-order chi connectivity index (χ1) is 12.3. The summed E-state index contributed by atoms with van der Waals surface area (Å²) in [6, 6.07) is 2.79. The molecule has 0 aliphatic heterocycles. The summed E-state index contributed by atoms with van der Waals surface area (Å²) in [5, 5.41) is -0.428. The Balaban J connectivity index is 3.66. The molecule has 1 aromatic rings. The maximum atomic E-state index is 14.1. The van der Waals surface area contributed by atoms with Crippen LogP contribution in [0.1, 0.15) is 33.3 Å². The van der Waals surface area contributed by atoms with E-state index >= 15 is 0 Å². The van der Waals surface area contributed by atoms with E-state index in [9.17, 15) is 17.9 Å². The van der Waals surface area contributed by atoms with Crippen LogP contribution in [0.25, 0.3) is 6.08 Å². The summed E-state index contributed by atoms with van der Waals surface area (Å²) in [6.07, 6.45) is 1.02. The molecule has 1 aromatic carbocycles. The van der Waals surface area contributed by atoms with Gasteiger partial charge >= 0.3 is 15.2 Å². The summed E-state index contributed by atoms with van der Waals surface area (Å²) in [4.78, 5) is 0. The number of benzene rings is 1. The van der Waals surface area contributed by atoms with Crippen LogP contribution in [0.5, 0.6) is 0 Å². The second-order valence-electron chi connectivity index (χ2n) is 4.83. The van der Waals surface area contributed by atoms with Crippen LogP contribution in [-0.4, -0.2) is 26.4 Å². The molecule has 0 spiro atoms. The van der Waals surface area contributed by atoms with E-state index in [2.05, 4.69) is 0 Å². The number of hydrogen-bond acceptors (Lipinski definition) is 6. The smallest absolute Gasteiger partial charge is 0.305 e. The van der Waals surface area contributed by atoms with Crippen molar-refractivity contribution in [3.05, 3.63) is 40.5 Å². The molecule has 26 heavy (non-hydrogen) atoms. The van der Waals surface area contributed by atoms with E-state index in [1.54, 1.807) is 27.7 Å². The number of halogens is 2. The number of rotatable bonds is 11. The highest BCUT2D eigenvalue weighted by Crippen LogP contribution is 2.74. The van der Waals surface area contributed by atoms with Gasteiger partial charge in [0.1, 0.15) is 11.6 Å². The highest BCUT2D eigenvalue weighted by atomic mass is 31.2. The van der Waals surface area contributed by atoms with Gasteiger partial charge in [0.05, 0.1) is 26.4 Å². The molecule has 0 saturated heterocycles. The van der Waals surface area contributed by atoms with Gasteiger partial charge in [-0.15, -0.1) is 0 Å². The minimum Gasteiger partial charge on any atom is -0.305 e. The van der Waals surface area contributed by atoms with Crippen molar-refractivity contribution in [2.75, 3.05) is 26.4 Å². The molecule has 148 valence electrons. The Morgan fingerprint density at radius 1 is 0.885 bits per heavy atom. The summed E-state index contributed by atoms with van der Waals surface area (Å²) in [5.41, 5.74) is -0.152. The lowest BCUT2D eigenvalue weighted by atomic mass is 10.2. The third kappa shape index (κ3) is 5.81. The molecule has 1 rings (SSSR count). The quantitative estimate of drug-likeness (QED) is 0.428. The summed E-state index contributed by atoms with van der Waals surface area (Å²) in [5.74, 6) is -1.71. The first-order valence-corrected chi connectivity index (χ1v) is 11.3. The van der Waals surface area contributed by atoms with Gasteiger partial charge in [0.2, 0.25) is 0 Å². The summed E-state index contributed by atoms with van der Waals surface area (Å²) >= 11 is 0. The normalized spacial score (nSPS) is 12.2. The van der Waals surface area contributed by atoms with Gasteiger partial charge in [-0.1, -0.05) is 0 Å². The Bertz CT molecular complexity index is 671. The third-order valence-corrected chi connectivity index (χ3v) is 8.25. The highest BCUT2D eigenvalue weighted by molar-refractivity contribution is 7.79. The van der Waals surface area contributed by atoms with Gasteiger partial charge in [-0.25, -0.2) is 8.78 Å². The zero-order valence-corrected chi connectivity index (χ0v) is 17.0. The van der Waals surface area contributed by atoms with Crippen LogP contribution < -0.4 is 0 Å². The highest BCUT2D eigenvalue weighted by Gasteiger charge is 2.45. The van der Waals surface area contributed by atoms with E-state index in [0.29, 0.717) is 6.07 Å². The Hall–Kier alpha value is -0.880. The third-order valence-electron chi connectivity index (χ3n) is 3.00. The van der Waals surface area contributed by atoms with Crippen molar-refractivity contribution in [2.24, 2.45) is 0 Å². The molecule has 0 aliphatic carbocycles. The molecule has 0 atom stereocenters. The van der Waals surface area contributed by atoms with E-state index in [0.717, 1.165) is 18.2 Å². The van der Waals surface area contributed by atoms with Gasteiger partial charge in [0.15, 0.2) is 5.06 Å². The molecule has 0 amide bonds. The fraction of sp³-hybridized carbons (Fsp3) is 0.500. The van der Waals surface area contributed by atoms with Crippen molar-refractivity contribution in [2.45, 2.75) is 27.7 Å². The molecule has 6 nitrogen and oxygen atoms in total. The van der Waals surface area contributed by atoms with E-state index in [1.807, 2.05) is 0 Å². The molecule has 0 aliphatic rings. The van der Waals surface area contributed by atoms with Crippen LogP contribution in [0, 0.1) is 11.6 Å². The van der Waals surface area contributed by atoms with E-state index < -0.39 is 31.9 Å². The molecular formula is C16H24F2O6P2. The Labute approximate surface area is 152 Å². The van der Waals surface area contributed by atoms with Gasteiger partial charge in [-0.3, -0.25) is 9.13 Å².